The predicted molar refractivity (Wildman–Crippen MR) is 133 cm³/mol. The Bertz CT molecular complexity index is 1260. The Morgan fingerprint density at radius 2 is 2.23 bits per heavy atom. The van der Waals surface area contributed by atoms with Crippen molar-refractivity contribution < 1.29 is 22.6 Å². The highest BCUT2D eigenvalue weighted by Gasteiger charge is 2.42. The van der Waals surface area contributed by atoms with E-state index in [0.717, 1.165) is 12.8 Å². The van der Waals surface area contributed by atoms with Crippen LogP contribution in [0.25, 0.3) is 0 Å². The third-order valence-electron chi connectivity index (χ3n) is 6.15. The number of hydrogen-bond acceptors (Lipinski definition) is 8. The van der Waals surface area contributed by atoms with E-state index in [1.807, 2.05) is 17.6 Å². The molecule has 2 aromatic rings. The third kappa shape index (κ3) is 5.47. The monoisotopic (exact) mass is 568 g/mol. The molecule has 2 aliphatic rings. The fourth-order valence-electron chi connectivity index (χ4n) is 4.12. The molecule has 0 radical (unpaired) electrons. The van der Waals surface area contributed by atoms with Gasteiger partial charge in [0.15, 0.2) is 11.5 Å². The topological polar surface area (TPSA) is 133 Å². The average molecular weight is 569 g/mol. The maximum atomic E-state index is 13.5. The second kappa shape index (κ2) is 10.6. The summed E-state index contributed by atoms with van der Waals surface area (Å²) in [6.45, 7) is 3.04. The van der Waals surface area contributed by atoms with Crippen LogP contribution < -0.4 is 10.8 Å². The molecule has 2 atom stereocenters. The van der Waals surface area contributed by atoms with Crippen molar-refractivity contribution in [3.63, 3.8) is 0 Å². The Hall–Kier alpha value is -2.61. The van der Waals surface area contributed by atoms with Gasteiger partial charge in [0.05, 0.1) is 10.2 Å². The van der Waals surface area contributed by atoms with Crippen molar-refractivity contribution in [3.8, 4) is 0 Å². The fraction of sp³-hybridized carbons (Fsp3) is 0.409. The van der Waals surface area contributed by atoms with Gasteiger partial charge in [-0.1, -0.05) is 24.3 Å². The number of nitrogens with zero attached hydrogens (tertiary/aromatic N) is 4. The van der Waals surface area contributed by atoms with Crippen molar-refractivity contribution in [1.82, 2.24) is 20.1 Å². The summed E-state index contributed by atoms with van der Waals surface area (Å²) in [6.07, 6.45) is 9.29. The van der Waals surface area contributed by atoms with Gasteiger partial charge in [0.25, 0.3) is 0 Å². The lowest BCUT2D eigenvalue weighted by molar-refractivity contribution is 0.234. The zero-order chi connectivity index (χ0) is 25.1. The van der Waals surface area contributed by atoms with Crippen LogP contribution in [0.2, 0.25) is 0 Å². The number of rotatable bonds is 7. The smallest absolute Gasteiger partial charge is 0.223 e. The molecule has 0 saturated carbocycles. The van der Waals surface area contributed by atoms with Crippen molar-refractivity contribution in [2.45, 2.75) is 30.9 Å². The molecule has 35 heavy (non-hydrogen) atoms. The Labute approximate surface area is 211 Å². The normalized spacial score (nSPS) is 23.4. The number of benzene rings is 1. The van der Waals surface area contributed by atoms with Crippen LogP contribution in [0.4, 0.5) is 15.9 Å². The van der Waals surface area contributed by atoms with Crippen LogP contribution in [0.1, 0.15) is 31.9 Å². The maximum absolute atomic E-state index is 13.5. The number of anilines is 1. The van der Waals surface area contributed by atoms with Gasteiger partial charge >= 0.3 is 0 Å². The Morgan fingerprint density at radius 1 is 1.40 bits per heavy atom. The van der Waals surface area contributed by atoms with Crippen LogP contribution in [0.3, 0.4) is 0 Å². The lowest BCUT2D eigenvalue weighted by Crippen LogP contribution is -2.50. The molecule has 1 aromatic heterocycles. The van der Waals surface area contributed by atoms with Crippen molar-refractivity contribution in [2.75, 3.05) is 25.0 Å². The highest BCUT2D eigenvalue weighted by molar-refractivity contribution is 9.10. The summed E-state index contributed by atoms with van der Waals surface area (Å²) in [5.41, 5.74) is 2.46. The van der Waals surface area contributed by atoms with E-state index >= 15 is 0 Å². The van der Waals surface area contributed by atoms with Gasteiger partial charge in [-0.3, -0.25) is 10.7 Å². The van der Waals surface area contributed by atoms with Gasteiger partial charge in [-0.15, -0.1) is 0 Å². The SMILES string of the molecule is CC1(S(=O)(=O)N2CCCC(CNc3nonc3C(=Nc3ccc(F)c(Br)c3)NO)C2)C=CC=CC1. The van der Waals surface area contributed by atoms with Gasteiger partial charge in [-0.2, -0.15) is 0 Å². The van der Waals surface area contributed by atoms with Crippen molar-refractivity contribution in [3.05, 3.63) is 58.5 Å². The highest BCUT2D eigenvalue weighted by Crippen LogP contribution is 2.32. The highest BCUT2D eigenvalue weighted by atomic mass is 79.9. The summed E-state index contributed by atoms with van der Waals surface area (Å²) in [5, 5.41) is 20.4. The second-order valence-corrected chi connectivity index (χ2v) is 11.9. The Kier molecular flexibility index (Phi) is 7.69. The molecule has 2 unspecified atom stereocenters. The molecule has 188 valence electrons. The summed E-state index contributed by atoms with van der Waals surface area (Å²) in [4.78, 5) is 4.24. The first-order valence-electron chi connectivity index (χ1n) is 11.1. The first-order chi connectivity index (χ1) is 16.7. The van der Waals surface area contributed by atoms with E-state index in [4.69, 9.17) is 4.63 Å². The number of nitrogens with one attached hydrogen (secondary N) is 2. The van der Waals surface area contributed by atoms with Crippen molar-refractivity contribution in [1.29, 1.82) is 0 Å². The van der Waals surface area contributed by atoms with E-state index in [1.165, 1.54) is 18.2 Å². The molecule has 1 fully saturated rings. The van der Waals surface area contributed by atoms with Crippen LogP contribution in [-0.2, 0) is 10.0 Å². The molecule has 0 amide bonds. The standard InChI is InChI=1S/C22H26BrFN6O4S/c1-22(9-3-2-4-10-22)35(32,33)30-11-5-6-15(14-30)13-25-20-19(28-34-29-20)21(27-31)26-16-7-8-18(24)17(23)12-16/h2-4,7-9,12,15,31H,5-6,10-11,13-14H2,1H3,(H,25,29)(H,26,27). The van der Waals surface area contributed by atoms with E-state index < -0.39 is 20.6 Å². The van der Waals surface area contributed by atoms with Crippen LogP contribution >= 0.6 is 15.9 Å². The van der Waals surface area contributed by atoms with E-state index in [0.29, 0.717) is 31.7 Å². The van der Waals surface area contributed by atoms with E-state index in [1.54, 1.807) is 23.4 Å². The second-order valence-electron chi connectivity index (χ2n) is 8.69. The molecule has 0 spiro atoms. The van der Waals surface area contributed by atoms with E-state index in [9.17, 15) is 18.0 Å². The van der Waals surface area contributed by atoms with Crippen molar-refractivity contribution in [2.24, 2.45) is 10.9 Å². The van der Waals surface area contributed by atoms with Gasteiger partial charge in [0, 0.05) is 19.6 Å². The molecule has 0 bridgehead atoms. The Morgan fingerprint density at radius 3 is 2.94 bits per heavy atom. The number of aliphatic imine (C=N–C) groups is 1. The quantitative estimate of drug-likeness (QED) is 0.261. The minimum absolute atomic E-state index is 0.0327. The molecule has 13 heteroatoms. The molecule has 2 heterocycles. The van der Waals surface area contributed by atoms with Gasteiger partial charge < -0.3 is 5.32 Å². The molecule has 1 aliphatic heterocycles. The number of sulfonamides is 1. The first-order valence-corrected chi connectivity index (χ1v) is 13.3. The average Bonchev–Trinajstić information content (AvgIpc) is 3.32. The molecule has 10 nitrogen and oxygen atoms in total. The zero-order valence-electron chi connectivity index (χ0n) is 19.0. The molecule has 1 aliphatic carbocycles. The molecule has 4 rings (SSSR count). The van der Waals surface area contributed by atoms with Gasteiger partial charge in [0.1, 0.15) is 10.6 Å². The lowest BCUT2D eigenvalue weighted by atomic mass is 10.00. The third-order valence-corrected chi connectivity index (χ3v) is 9.25. The van der Waals surface area contributed by atoms with Gasteiger partial charge in [-0.05, 0) is 76.5 Å². The Balaban J connectivity index is 1.45. The summed E-state index contributed by atoms with van der Waals surface area (Å²) < 4.78 is 45.9. The number of allylic oxidation sites excluding steroid dienone is 3. The van der Waals surface area contributed by atoms with E-state index in [2.05, 4.69) is 36.6 Å². The number of halogens is 2. The van der Waals surface area contributed by atoms with Crippen LogP contribution in [-0.4, -0.2) is 58.5 Å². The predicted octanol–water partition coefficient (Wildman–Crippen LogP) is 3.76. The minimum atomic E-state index is -3.53. The van der Waals surface area contributed by atoms with Crippen LogP contribution in [0.5, 0.6) is 0 Å². The molecular weight excluding hydrogens is 543 g/mol. The molecule has 1 aromatic carbocycles. The van der Waals surface area contributed by atoms with Crippen molar-refractivity contribution >= 4 is 43.3 Å². The molecule has 1 saturated heterocycles. The lowest BCUT2D eigenvalue weighted by Gasteiger charge is -2.38. The summed E-state index contributed by atoms with van der Waals surface area (Å²) in [6, 6.07) is 4.12. The van der Waals surface area contributed by atoms with Crippen LogP contribution in [0, 0.1) is 11.7 Å². The number of piperidine rings is 1. The largest absolute Gasteiger partial charge is 0.365 e. The number of amidine groups is 1. The zero-order valence-corrected chi connectivity index (χ0v) is 21.4. The van der Waals surface area contributed by atoms with E-state index in [-0.39, 0.29) is 27.7 Å². The number of hydroxylamine groups is 1. The number of aromatic nitrogens is 2. The summed E-state index contributed by atoms with van der Waals surface area (Å²) in [5.74, 6) is -0.226. The summed E-state index contributed by atoms with van der Waals surface area (Å²) >= 11 is 3.10. The molecule has 3 N–H and O–H groups in total. The van der Waals surface area contributed by atoms with Gasteiger partial charge in [-0.25, -0.2) is 26.7 Å². The first kappa shape index (κ1) is 25.5. The minimum Gasteiger partial charge on any atom is -0.365 e. The maximum Gasteiger partial charge on any atom is 0.223 e. The molecular formula is C22H26BrFN6O4S. The number of hydrogen-bond donors (Lipinski definition) is 3. The summed E-state index contributed by atoms with van der Waals surface area (Å²) in [7, 11) is -3.53. The fourth-order valence-corrected chi connectivity index (χ4v) is 6.41. The van der Waals surface area contributed by atoms with Gasteiger partial charge in [0.2, 0.25) is 15.8 Å². The van der Waals surface area contributed by atoms with Crippen LogP contribution in [0.15, 0.2) is 56.6 Å².